The summed E-state index contributed by atoms with van der Waals surface area (Å²) in [5.41, 5.74) is 3.85. The normalized spacial score (nSPS) is 28.7. The molecule has 2 N–H and O–H groups in total. The molecule has 2 aromatic carbocycles. The minimum Gasteiger partial charge on any atom is -0.508 e. The second-order valence-corrected chi connectivity index (χ2v) is 13.4. The first-order chi connectivity index (χ1) is 21.1. The van der Waals surface area contributed by atoms with Gasteiger partial charge >= 0.3 is 6.01 Å². The standard InChI is InChI=1S/C34H38N6O3/c1-2-21-6-3-7-22-14-24(41)15-27(30(21)22)38-17-26-31-29(18-38)42-19-28-25-9-8-23(35-25)16-40(28)32(31)37-33(36-26)43-20-34-10-4-12-39(34)13-5-11-34/h1,3,6-7,14-15,23,25,28-29,35,41H,4-5,8-13,16-20H2. The van der Waals surface area contributed by atoms with E-state index in [4.69, 9.17) is 25.9 Å². The molecule has 0 radical (unpaired) electrons. The molecule has 7 heterocycles. The van der Waals surface area contributed by atoms with Gasteiger partial charge < -0.3 is 29.7 Å². The number of fused-ring (bicyclic) bond motifs is 7. The van der Waals surface area contributed by atoms with E-state index in [-0.39, 0.29) is 23.4 Å². The third-order valence-corrected chi connectivity index (χ3v) is 11.0. The molecule has 4 atom stereocenters. The SMILES string of the molecule is C#Cc1cccc2cc(O)cc(N3Cc4nc(OCC56CCCN5CCC6)nc5c4C(C3)OCC3C4CCC(CN53)N4)c12. The van der Waals surface area contributed by atoms with Gasteiger partial charge in [-0.25, -0.2) is 0 Å². The lowest BCUT2D eigenvalue weighted by Crippen LogP contribution is -2.59. The highest BCUT2D eigenvalue weighted by molar-refractivity contribution is 6.00. The first-order valence-corrected chi connectivity index (χ1v) is 16.0. The van der Waals surface area contributed by atoms with E-state index in [0.29, 0.717) is 44.4 Å². The Kier molecular flexibility index (Phi) is 5.85. The predicted octanol–water partition coefficient (Wildman–Crippen LogP) is 3.72. The van der Waals surface area contributed by atoms with Crippen LogP contribution in [-0.2, 0) is 11.3 Å². The van der Waals surface area contributed by atoms with Crippen molar-refractivity contribution < 1.29 is 14.6 Å². The van der Waals surface area contributed by atoms with Gasteiger partial charge in [-0.15, -0.1) is 6.42 Å². The summed E-state index contributed by atoms with van der Waals surface area (Å²) in [6.45, 7) is 5.69. The van der Waals surface area contributed by atoms with Crippen LogP contribution in [0.25, 0.3) is 10.8 Å². The van der Waals surface area contributed by atoms with Crippen molar-refractivity contribution in [2.24, 2.45) is 0 Å². The molecule has 9 heteroatoms. The van der Waals surface area contributed by atoms with E-state index in [0.717, 1.165) is 65.2 Å². The Hall–Kier alpha value is -3.58. The van der Waals surface area contributed by atoms with Crippen LogP contribution in [0.4, 0.5) is 11.5 Å². The number of phenols is 1. The average Bonchev–Trinajstić information content (AvgIpc) is 3.69. The Bertz CT molecular complexity index is 1640. The van der Waals surface area contributed by atoms with Gasteiger partial charge in [0.25, 0.3) is 0 Å². The molecule has 1 aromatic heterocycles. The zero-order chi connectivity index (χ0) is 28.7. The number of aromatic nitrogens is 2. The molecule has 2 bridgehead atoms. The monoisotopic (exact) mass is 578 g/mol. The van der Waals surface area contributed by atoms with Crippen LogP contribution in [-0.4, -0.2) is 83.0 Å². The van der Waals surface area contributed by atoms with Gasteiger partial charge in [0.15, 0.2) is 0 Å². The summed E-state index contributed by atoms with van der Waals surface area (Å²) < 4.78 is 13.4. The minimum absolute atomic E-state index is 0.119. The zero-order valence-corrected chi connectivity index (χ0v) is 24.5. The Morgan fingerprint density at radius 1 is 1.14 bits per heavy atom. The van der Waals surface area contributed by atoms with Crippen molar-refractivity contribution in [3.63, 3.8) is 0 Å². The molecule has 4 saturated heterocycles. The molecular weight excluding hydrogens is 540 g/mol. The van der Waals surface area contributed by atoms with Crippen LogP contribution in [0.3, 0.4) is 0 Å². The third-order valence-electron chi connectivity index (χ3n) is 11.0. The molecule has 0 spiro atoms. The molecule has 222 valence electrons. The van der Waals surface area contributed by atoms with Crippen LogP contribution in [0.15, 0.2) is 30.3 Å². The summed E-state index contributed by atoms with van der Waals surface area (Å²) in [5.74, 6) is 4.06. The minimum atomic E-state index is -0.203. The van der Waals surface area contributed by atoms with Gasteiger partial charge in [0.05, 0.1) is 30.4 Å². The van der Waals surface area contributed by atoms with Crippen molar-refractivity contribution in [1.82, 2.24) is 20.2 Å². The fourth-order valence-corrected chi connectivity index (χ4v) is 9.04. The van der Waals surface area contributed by atoms with E-state index in [1.807, 2.05) is 24.3 Å². The summed E-state index contributed by atoms with van der Waals surface area (Å²) in [6, 6.07) is 11.1. The number of hydrogen-bond acceptors (Lipinski definition) is 9. The molecule has 6 aliphatic heterocycles. The van der Waals surface area contributed by atoms with E-state index >= 15 is 0 Å². The quantitative estimate of drug-likeness (QED) is 0.450. The number of aromatic hydroxyl groups is 1. The Balaban J connectivity index is 1.14. The number of phenolic OH excluding ortho intramolecular Hbond substituents is 1. The number of nitrogens with one attached hydrogen (secondary N) is 1. The van der Waals surface area contributed by atoms with E-state index in [2.05, 4.69) is 25.9 Å². The maximum atomic E-state index is 10.7. The second-order valence-electron chi connectivity index (χ2n) is 13.4. The molecule has 6 aliphatic rings. The molecule has 43 heavy (non-hydrogen) atoms. The summed E-state index contributed by atoms with van der Waals surface area (Å²) in [5, 5.41) is 16.5. The molecule has 4 unspecified atom stereocenters. The van der Waals surface area contributed by atoms with Crippen molar-refractivity contribution in [2.45, 2.75) is 74.8 Å². The van der Waals surface area contributed by atoms with Gasteiger partial charge in [-0.1, -0.05) is 18.1 Å². The Labute approximate surface area is 252 Å². The number of terminal acetylenes is 1. The summed E-state index contributed by atoms with van der Waals surface area (Å²) >= 11 is 0. The highest BCUT2D eigenvalue weighted by Gasteiger charge is 2.47. The summed E-state index contributed by atoms with van der Waals surface area (Å²) in [6.07, 6.45) is 12.9. The topological polar surface area (TPSA) is 86.2 Å². The third kappa shape index (κ3) is 4.03. The lowest BCUT2D eigenvalue weighted by molar-refractivity contribution is 0.0414. The molecule has 0 aliphatic carbocycles. The highest BCUT2D eigenvalue weighted by atomic mass is 16.5. The van der Waals surface area contributed by atoms with E-state index < -0.39 is 0 Å². The first-order valence-electron chi connectivity index (χ1n) is 16.0. The van der Waals surface area contributed by atoms with Gasteiger partial charge in [0, 0.05) is 53.4 Å². The van der Waals surface area contributed by atoms with Crippen LogP contribution in [0.2, 0.25) is 0 Å². The number of hydrogen-bond donors (Lipinski definition) is 2. The second kappa shape index (κ2) is 9.71. The van der Waals surface area contributed by atoms with Gasteiger partial charge in [-0.2, -0.15) is 9.97 Å². The van der Waals surface area contributed by atoms with Gasteiger partial charge in [0.2, 0.25) is 0 Å². The fraction of sp³-hybridized carbons (Fsp3) is 0.529. The molecular formula is C34H38N6O3. The van der Waals surface area contributed by atoms with Gasteiger partial charge in [0.1, 0.15) is 24.3 Å². The smallest absolute Gasteiger partial charge is 0.318 e. The van der Waals surface area contributed by atoms with Crippen LogP contribution >= 0.6 is 0 Å². The molecule has 9 nitrogen and oxygen atoms in total. The number of anilines is 2. The summed E-state index contributed by atoms with van der Waals surface area (Å²) in [7, 11) is 0. The molecule has 0 saturated carbocycles. The summed E-state index contributed by atoms with van der Waals surface area (Å²) in [4.78, 5) is 17.7. The van der Waals surface area contributed by atoms with Crippen molar-refractivity contribution in [3.8, 4) is 24.1 Å². The van der Waals surface area contributed by atoms with Crippen LogP contribution in [0.5, 0.6) is 11.8 Å². The maximum absolute atomic E-state index is 10.7. The van der Waals surface area contributed by atoms with Crippen molar-refractivity contribution >= 4 is 22.3 Å². The van der Waals surface area contributed by atoms with Crippen LogP contribution in [0, 0.1) is 12.3 Å². The lowest BCUT2D eigenvalue weighted by atomic mass is 9.95. The number of benzene rings is 2. The van der Waals surface area contributed by atoms with E-state index in [9.17, 15) is 5.11 Å². The lowest BCUT2D eigenvalue weighted by Gasteiger charge is -2.41. The van der Waals surface area contributed by atoms with Crippen molar-refractivity contribution in [1.29, 1.82) is 0 Å². The van der Waals surface area contributed by atoms with Gasteiger partial charge in [-0.05, 0) is 69.1 Å². The van der Waals surface area contributed by atoms with E-state index in [1.54, 1.807) is 6.07 Å². The average molecular weight is 579 g/mol. The fourth-order valence-electron chi connectivity index (χ4n) is 9.04. The molecule has 3 aromatic rings. The number of rotatable bonds is 4. The van der Waals surface area contributed by atoms with Crippen molar-refractivity contribution in [2.75, 3.05) is 49.2 Å². The predicted molar refractivity (Wildman–Crippen MR) is 165 cm³/mol. The van der Waals surface area contributed by atoms with E-state index in [1.165, 1.54) is 32.1 Å². The largest absolute Gasteiger partial charge is 0.508 e. The van der Waals surface area contributed by atoms with Crippen LogP contribution < -0.4 is 19.9 Å². The molecule has 4 fully saturated rings. The molecule has 9 rings (SSSR count). The number of nitrogens with zero attached hydrogens (tertiary/aromatic N) is 5. The maximum Gasteiger partial charge on any atom is 0.318 e. The number of ether oxygens (including phenoxy) is 2. The van der Waals surface area contributed by atoms with Crippen molar-refractivity contribution in [3.05, 3.63) is 47.2 Å². The van der Waals surface area contributed by atoms with Crippen LogP contribution in [0.1, 0.15) is 61.4 Å². The van der Waals surface area contributed by atoms with Gasteiger partial charge in [-0.3, -0.25) is 4.90 Å². The highest BCUT2D eigenvalue weighted by Crippen LogP contribution is 2.45. The molecule has 0 amide bonds. The Morgan fingerprint density at radius 2 is 2.02 bits per heavy atom. The first kappa shape index (κ1) is 25.9. The zero-order valence-electron chi connectivity index (χ0n) is 24.5. The number of piperazine rings is 1. The Morgan fingerprint density at radius 3 is 2.88 bits per heavy atom.